The summed E-state index contributed by atoms with van der Waals surface area (Å²) in [5.74, 6) is 2.59. The van der Waals surface area contributed by atoms with Crippen molar-refractivity contribution in [1.82, 2.24) is 9.97 Å². The van der Waals surface area contributed by atoms with Gasteiger partial charge in [0.1, 0.15) is 17.5 Å². The summed E-state index contributed by atoms with van der Waals surface area (Å²) in [6.45, 7) is 6.64. The molecule has 1 saturated carbocycles. The van der Waals surface area contributed by atoms with Crippen molar-refractivity contribution in [2.45, 2.75) is 58.5 Å². The third kappa shape index (κ3) is 3.39. The standard InChI is InChI=1S/C15H26N4O/c1-4-12-18-13(16)11(3)14(19-12)17-9-15(20)7-5-6-10(2)8-15/h10,20H,4-9H2,1-3H3,(H3,16,17,18,19). The van der Waals surface area contributed by atoms with Crippen molar-refractivity contribution < 1.29 is 5.11 Å². The van der Waals surface area contributed by atoms with E-state index in [2.05, 4.69) is 22.2 Å². The van der Waals surface area contributed by atoms with Crippen LogP contribution in [0.3, 0.4) is 0 Å². The highest BCUT2D eigenvalue weighted by molar-refractivity contribution is 5.54. The lowest BCUT2D eigenvalue weighted by atomic mass is 9.79. The summed E-state index contributed by atoms with van der Waals surface area (Å²) in [4.78, 5) is 8.71. The van der Waals surface area contributed by atoms with E-state index in [1.165, 1.54) is 6.42 Å². The van der Waals surface area contributed by atoms with Crippen LogP contribution in [0.5, 0.6) is 0 Å². The summed E-state index contributed by atoms with van der Waals surface area (Å²) in [6, 6.07) is 0. The lowest BCUT2D eigenvalue weighted by Crippen LogP contribution is -2.41. The van der Waals surface area contributed by atoms with Gasteiger partial charge in [-0.3, -0.25) is 0 Å². The second kappa shape index (κ2) is 5.95. The molecule has 0 radical (unpaired) electrons. The molecular formula is C15H26N4O. The van der Waals surface area contributed by atoms with E-state index < -0.39 is 5.60 Å². The van der Waals surface area contributed by atoms with Crippen molar-refractivity contribution in [2.75, 3.05) is 17.6 Å². The highest BCUT2D eigenvalue weighted by atomic mass is 16.3. The van der Waals surface area contributed by atoms with E-state index in [-0.39, 0.29) is 0 Å². The van der Waals surface area contributed by atoms with Gasteiger partial charge in [0, 0.05) is 18.5 Å². The summed E-state index contributed by atoms with van der Waals surface area (Å²) < 4.78 is 0. The van der Waals surface area contributed by atoms with Crippen LogP contribution in [0, 0.1) is 12.8 Å². The number of nitrogens with two attached hydrogens (primary N) is 1. The Morgan fingerprint density at radius 3 is 2.85 bits per heavy atom. The van der Waals surface area contributed by atoms with Crippen molar-refractivity contribution >= 4 is 11.6 Å². The Hall–Kier alpha value is -1.36. The summed E-state index contributed by atoms with van der Waals surface area (Å²) in [6.07, 6.45) is 4.75. The summed E-state index contributed by atoms with van der Waals surface area (Å²) in [5.41, 5.74) is 6.13. The first-order chi connectivity index (χ1) is 9.43. The second-order valence-corrected chi connectivity index (χ2v) is 6.13. The van der Waals surface area contributed by atoms with Crippen molar-refractivity contribution in [3.8, 4) is 0 Å². The van der Waals surface area contributed by atoms with Crippen LogP contribution in [0.15, 0.2) is 0 Å². The molecule has 5 nitrogen and oxygen atoms in total. The number of hydrogen-bond acceptors (Lipinski definition) is 5. The number of nitrogens with zero attached hydrogens (tertiary/aromatic N) is 2. The zero-order valence-corrected chi connectivity index (χ0v) is 12.7. The van der Waals surface area contributed by atoms with Crippen LogP contribution >= 0.6 is 0 Å². The third-order valence-electron chi connectivity index (χ3n) is 4.20. The highest BCUT2D eigenvalue weighted by Gasteiger charge is 2.32. The van der Waals surface area contributed by atoms with Gasteiger partial charge < -0.3 is 16.2 Å². The molecule has 2 rings (SSSR count). The smallest absolute Gasteiger partial charge is 0.134 e. The van der Waals surface area contributed by atoms with Crippen LogP contribution in [0.2, 0.25) is 0 Å². The third-order valence-corrected chi connectivity index (χ3v) is 4.20. The van der Waals surface area contributed by atoms with Gasteiger partial charge in [-0.05, 0) is 25.7 Å². The summed E-state index contributed by atoms with van der Waals surface area (Å²) >= 11 is 0. The first-order valence-corrected chi connectivity index (χ1v) is 7.53. The number of aliphatic hydroxyl groups is 1. The maximum atomic E-state index is 10.7. The molecule has 1 aliphatic rings. The van der Waals surface area contributed by atoms with Gasteiger partial charge in [-0.25, -0.2) is 9.97 Å². The van der Waals surface area contributed by atoms with Gasteiger partial charge in [0.15, 0.2) is 0 Å². The van der Waals surface area contributed by atoms with E-state index >= 15 is 0 Å². The average molecular weight is 278 g/mol. The number of nitrogens with one attached hydrogen (secondary N) is 1. The molecule has 1 heterocycles. The number of aryl methyl sites for hydroxylation is 1. The molecule has 1 aromatic heterocycles. The van der Waals surface area contributed by atoms with Crippen LogP contribution in [-0.4, -0.2) is 27.2 Å². The molecule has 0 saturated heterocycles. The zero-order chi connectivity index (χ0) is 14.8. The van der Waals surface area contributed by atoms with Gasteiger partial charge in [-0.1, -0.05) is 26.7 Å². The number of nitrogen functional groups attached to an aromatic ring is 1. The summed E-state index contributed by atoms with van der Waals surface area (Å²) in [7, 11) is 0. The van der Waals surface area contributed by atoms with Crippen molar-refractivity contribution in [3.63, 3.8) is 0 Å². The van der Waals surface area contributed by atoms with E-state index in [9.17, 15) is 5.11 Å². The largest absolute Gasteiger partial charge is 0.388 e. The van der Waals surface area contributed by atoms with E-state index in [0.29, 0.717) is 18.3 Å². The lowest BCUT2D eigenvalue weighted by Gasteiger charge is -2.35. The molecule has 2 atom stereocenters. The average Bonchev–Trinajstić information content (AvgIpc) is 2.40. The fourth-order valence-electron chi connectivity index (χ4n) is 2.95. The topological polar surface area (TPSA) is 84.1 Å². The zero-order valence-electron chi connectivity index (χ0n) is 12.7. The van der Waals surface area contributed by atoms with Crippen LogP contribution in [0.4, 0.5) is 11.6 Å². The minimum absolute atomic E-state index is 0.517. The SMILES string of the molecule is CCc1nc(N)c(C)c(NCC2(O)CCCC(C)C2)n1. The number of aromatic nitrogens is 2. The molecule has 2 unspecified atom stereocenters. The van der Waals surface area contributed by atoms with Gasteiger partial charge in [0.05, 0.1) is 5.60 Å². The quantitative estimate of drug-likeness (QED) is 0.787. The molecule has 0 aromatic carbocycles. The minimum Gasteiger partial charge on any atom is -0.388 e. The second-order valence-electron chi connectivity index (χ2n) is 6.13. The van der Waals surface area contributed by atoms with Gasteiger partial charge in [-0.2, -0.15) is 0 Å². The first kappa shape index (κ1) is 15.0. The molecule has 5 heteroatoms. The fourth-order valence-corrected chi connectivity index (χ4v) is 2.95. The maximum absolute atomic E-state index is 10.7. The van der Waals surface area contributed by atoms with Crippen molar-refractivity contribution in [3.05, 3.63) is 11.4 Å². The van der Waals surface area contributed by atoms with Gasteiger partial charge in [-0.15, -0.1) is 0 Å². The Labute approximate surface area is 121 Å². The Balaban J connectivity index is 2.08. The van der Waals surface area contributed by atoms with Crippen molar-refractivity contribution in [1.29, 1.82) is 0 Å². The molecule has 1 aromatic rings. The first-order valence-electron chi connectivity index (χ1n) is 7.53. The van der Waals surface area contributed by atoms with Crippen LogP contribution in [0.25, 0.3) is 0 Å². The molecule has 4 N–H and O–H groups in total. The normalized spacial score (nSPS) is 26.5. The molecule has 1 fully saturated rings. The Bertz CT molecular complexity index is 477. The number of rotatable bonds is 4. The maximum Gasteiger partial charge on any atom is 0.134 e. The molecule has 1 aliphatic carbocycles. The van der Waals surface area contributed by atoms with Gasteiger partial charge >= 0.3 is 0 Å². The molecule has 112 valence electrons. The monoisotopic (exact) mass is 278 g/mol. The minimum atomic E-state index is -0.629. The van der Waals surface area contributed by atoms with Gasteiger partial charge in [0.25, 0.3) is 0 Å². The van der Waals surface area contributed by atoms with Crippen LogP contribution < -0.4 is 11.1 Å². The van der Waals surface area contributed by atoms with E-state index in [1.54, 1.807) is 0 Å². The Morgan fingerprint density at radius 2 is 2.20 bits per heavy atom. The molecule has 0 amide bonds. The van der Waals surface area contributed by atoms with E-state index in [4.69, 9.17) is 5.73 Å². The van der Waals surface area contributed by atoms with Crippen LogP contribution in [-0.2, 0) is 6.42 Å². The lowest BCUT2D eigenvalue weighted by molar-refractivity contribution is -0.000838. The Kier molecular flexibility index (Phi) is 4.48. The van der Waals surface area contributed by atoms with Gasteiger partial charge in [0.2, 0.25) is 0 Å². The highest BCUT2D eigenvalue weighted by Crippen LogP contribution is 2.32. The molecule has 20 heavy (non-hydrogen) atoms. The fraction of sp³-hybridized carbons (Fsp3) is 0.733. The predicted molar refractivity (Wildman–Crippen MR) is 81.6 cm³/mol. The number of anilines is 2. The van der Waals surface area contributed by atoms with E-state index in [0.717, 1.165) is 42.9 Å². The number of hydrogen-bond donors (Lipinski definition) is 3. The molecule has 0 spiro atoms. The Morgan fingerprint density at radius 1 is 1.45 bits per heavy atom. The van der Waals surface area contributed by atoms with Crippen LogP contribution in [0.1, 0.15) is 50.9 Å². The molecule has 0 bridgehead atoms. The van der Waals surface area contributed by atoms with Crippen molar-refractivity contribution in [2.24, 2.45) is 5.92 Å². The predicted octanol–water partition coefficient (Wildman–Crippen LogP) is 2.28. The molecule has 0 aliphatic heterocycles. The van der Waals surface area contributed by atoms with E-state index in [1.807, 2.05) is 13.8 Å². The summed E-state index contributed by atoms with van der Waals surface area (Å²) in [5, 5.41) is 13.9. The molecular weight excluding hydrogens is 252 g/mol.